The third-order valence-electron chi connectivity index (χ3n) is 3.11. The molecule has 84 valence electrons. The van der Waals surface area contributed by atoms with Crippen molar-refractivity contribution in [1.82, 2.24) is 14.9 Å². The van der Waals surface area contributed by atoms with Crippen molar-refractivity contribution in [2.24, 2.45) is 0 Å². The molecule has 0 saturated heterocycles. The molecule has 3 heteroatoms. The van der Waals surface area contributed by atoms with Gasteiger partial charge in [0.2, 0.25) is 0 Å². The summed E-state index contributed by atoms with van der Waals surface area (Å²) in [5.41, 5.74) is 2.81. The average Bonchev–Trinajstić information content (AvgIpc) is 2.59. The van der Waals surface area contributed by atoms with E-state index >= 15 is 0 Å². The summed E-state index contributed by atoms with van der Waals surface area (Å²) < 4.78 is 2.43. The highest BCUT2D eigenvalue weighted by atomic mass is 15.1. The molecule has 0 aliphatic carbocycles. The second-order valence-corrected chi connectivity index (χ2v) is 4.65. The largest absolute Gasteiger partial charge is 0.331 e. The molecule has 0 aromatic carbocycles. The number of fused-ring (bicyclic) bond motifs is 1. The molecule has 1 N–H and O–H groups in total. The van der Waals surface area contributed by atoms with Crippen LogP contribution in [0.25, 0.3) is 0 Å². The zero-order chi connectivity index (χ0) is 10.8. The predicted octanol–water partition coefficient (Wildman–Crippen LogP) is 2.06. The van der Waals surface area contributed by atoms with Crippen molar-refractivity contribution in [3.05, 3.63) is 17.2 Å². The standard InChI is InChI=1S/C12H21N3/c1-9(2)12-10-6-4-5-7-15(10)11(14-12)8-13-3/h9,13H,4-8H2,1-3H3. The fourth-order valence-electron chi connectivity index (χ4n) is 2.40. The zero-order valence-corrected chi connectivity index (χ0v) is 10.0. The molecule has 0 bridgehead atoms. The van der Waals surface area contributed by atoms with Crippen LogP contribution in [0.1, 0.15) is 49.8 Å². The Morgan fingerprint density at radius 3 is 2.87 bits per heavy atom. The third-order valence-corrected chi connectivity index (χ3v) is 3.11. The van der Waals surface area contributed by atoms with E-state index in [2.05, 4.69) is 23.7 Å². The molecule has 1 aliphatic rings. The molecule has 0 fully saturated rings. The molecular formula is C12H21N3. The molecule has 0 radical (unpaired) electrons. The predicted molar refractivity (Wildman–Crippen MR) is 62.0 cm³/mol. The van der Waals surface area contributed by atoms with Gasteiger partial charge < -0.3 is 9.88 Å². The maximum atomic E-state index is 4.78. The van der Waals surface area contributed by atoms with Crippen molar-refractivity contribution in [2.45, 2.75) is 52.1 Å². The van der Waals surface area contributed by atoms with E-state index in [0.29, 0.717) is 5.92 Å². The topological polar surface area (TPSA) is 29.9 Å². The lowest BCUT2D eigenvalue weighted by Gasteiger charge is -2.18. The van der Waals surface area contributed by atoms with E-state index in [1.807, 2.05) is 7.05 Å². The van der Waals surface area contributed by atoms with Gasteiger partial charge in [-0.3, -0.25) is 0 Å². The monoisotopic (exact) mass is 207 g/mol. The van der Waals surface area contributed by atoms with Crippen molar-refractivity contribution in [1.29, 1.82) is 0 Å². The number of nitrogens with one attached hydrogen (secondary N) is 1. The van der Waals surface area contributed by atoms with E-state index in [0.717, 1.165) is 13.1 Å². The Morgan fingerprint density at radius 2 is 2.20 bits per heavy atom. The third kappa shape index (κ3) is 1.93. The molecule has 0 saturated carbocycles. The van der Waals surface area contributed by atoms with E-state index in [9.17, 15) is 0 Å². The highest BCUT2D eigenvalue weighted by Gasteiger charge is 2.20. The SMILES string of the molecule is CNCc1nc(C(C)C)c2n1CCCC2. The molecule has 1 aliphatic heterocycles. The molecule has 1 aromatic rings. The Bertz CT molecular complexity index is 339. The second kappa shape index (κ2) is 4.35. The Morgan fingerprint density at radius 1 is 1.40 bits per heavy atom. The zero-order valence-electron chi connectivity index (χ0n) is 10.0. The van der Waals surface area contributed by atoms with E-state index in [-0.39, 0.29) is 0 Å². The maximum Gasteiger partial charge on any atom is 0.123 e. The normalized spacial score (nSPS) is 15.7. The van der Waals surface area contributed by atoms with Crippen LogP contribution in [0, 0.1) is 0 Å². The first-order chi connectivity index (χ1) is 7.24. The van der Waals surface area contributed by atoms with Crippen LogP contribution in [0.15, 0.2) is 0 Å². The number of hydrogen-bond acceptors (Lipinski definition) is 2. The number of imidazole rings is 1. The van der Waals surface area contributed by atoms with Gasteiger partial charge in [-0.15, -0.1) is 0 Å². The van der Waals surface area contributed by atoms with Crippen molar-refractivity contribution >= 4 is 0 Å². The average molecular weight is 207 g/mol. The number of aromatic nitrogens is 2. The Hall–Kier alpha value is -0.830. The Labute approximate surface area is 91.9 Å². The molecule has 0 atom stereocenters. The van der Waals surface area contributed by atoms with Crippen LogP contribution < -0.4 is 5.32 Å². The summed E-state index contributed by atoms with van der Waals surface area (Å²) in [5, 5.41) is 3.20. The summed E-state index contributed by atoms with van der Waals surface area (Å²) >= 11 is 0. The number of rotatable bonds is 3. The minimum atomic E-state index is 0.551. The van der Waals surface area contributed by atoms with Crippen LogP contribution in [0.4, 0.5) is 0 Å². The van der Waals surface area contributed by atoms with Gasteiger partial charge in [0.15, 0.2) is 0 Å². The highest BCUT2D eigenvalue weighted by molar-refractivity contribution is 5.22. The quantitative estimate of drug-likeness (QED) is 0.822. The first-order valence-electron chi connectivity index (χ1n) is 5.96. The summed E-state index contributed by atoms with van der Waals surface area (Å²) in [5.74, 6) is 1.77. The molecule has 0 spiro atoms. The Balaban J connectivity index is 2.40. The number of hydrogen-bond donors (Lipinski definition) is 1. The lowest BCUT2D eigenvalue weighted by atomic mass is 10.0. The molecule has 0 unspecified atom stereocenters. The summed E-state index contributed by atoms with van der Waals surface area (Å²) in [6.07, 6.45) is 3.84. The van der Waals surface area contributed by atoms with Crippen molar-refractivity contribution < 1.29 is 0 Å². The molecule has 3 nitrogen and oxygen atoms in total. The van der Waals surface area contributed by atoms with Gasteiger partial charge in [0.05, 0.1) is 12.2 Å². The lowest BCUT2D eigenvalue weighted by Crippen LogP contribution is -2.17. The maximum absolute atomic E-state index is 4.78. The van der Waals surface area contributed by atoms with Crippen molar-refractivity contribution in [3.8, 4) is 0 Å². The van der Waals surface area contributed by atoms with Crippen LogP contribution >= 0.6 is 0 Å². The van der Waals surface area contributed by atoms with Crippen molar-refractivity contribution in [2.75, 3.05) is 7.05 Å². The summed E-state index contributed by atoms with van der Waals surface area (Å²) in [7, 11) is 1.99. The summed E-state index contributed by atoms with van der Waals surface area (Å²) in [6, 6.07) is 0. The highest BCUT2D eigenvalue weighted by Crippen LogP contribution is 2.25. The van der Waals surface area contributed by atoms with Crippen molar-refractivity contribution in [3.63, 3.8) is 0 Å². The van der Waals surface area contributed by atoms with Gasteiger partial charge in [-0.05, 0) is 32.2 Å². The smallest absolute Gasteiger partial charge is 0.123 e. The van der Waals surface area contributed by atoms with Crippen LogP contribution in [0.2, 0.25) is 0 Å². The Kier molecular flexibility index (Phi) is 3.10. The van der Waals surface area contributed by atoms with Gasteiger partial charge in [0, 0.05) is 12.2 Å². The minimum Gasteiger partial charge on any atom is -0.331 e. The van der Waals surface area contributed by atoms with Gasteiger partial charge in [-0.25, -0.2) is 4.98 Å². The van der Waals surface area contributed by atoms with E-state index in [1.165, 1.54) is 36.5 Å². The van der Waals surface area contributed by atoms with Gasteiger partial charge in [-0.1, -0.05) is 13.8 Å². The van der Waals surface area contributed by atoms with Gasteiger partial charge >= 0.3 is 0 Å². The fraction of sp³-hybridized carbons (Fsp3) is 0.750. The number of nitrogens with zero attached hydrogens (tertiary/aromatic N) is 2. The molecule has 1 aromatic heterocycles. The van der Waals surface area contributed by atoms with Gasteiger partial charge in [0.25, 0.3) is 0 Å². The molecule has 2 rings (SSSR count). The van der Waals surface area contributed by atoms with E-state index < -0.39 is 0 Å². The van der Waals surface area contributed by atoms with E-state index in [1.54, 1.807) is 0 Å². The minimum absolute atomic E-state index is 0.551. The van der Waals surface area contributed by atoms with E-state index in [4.69, 9.17) is 4.98 Å². The van der Waals surface area contributed by atoms with Crippen LogP contribution in [0.3, 0.4) is 0 Å². The molecule has 15 heavy (non-hydrogen) atoms. The summed E-state index contributed by atoms with van der Waals surface area (Å²) in [6.45, 7) is 6.52. The molecular weight excluding hydrogens is 186 g/mol. The summed E-state index contributed by atoms with van der Waals surface area (Å²) in [4.78, 5) is 4.78. The second-order valence-electron chi connectivity index (χ2n) is 4.65. The van der Waals surface area contributed by atoms with Gasteiger partial charge in [0.1, 0.15) is 5.82 Å². The van der Waals surface area contributed by atoms with Gasteiger partial charge in [-0.2, -0.15) is 0 Å². The molecule has 2 heterocycles. The lowest BCUT2D eigenvalue weighted by molar-refractivity contribution is 0.505. The van der Waals surface area contributed by atoms with Crippen LogP contribution in [0.5, 0.6) is 0 Å². The molecule has 0 amide bonds. The first-order valence-corrected chi connectivity index (χ1v) is 5.96. The first kappa shape index (κ1) is 10.7. The fourth-order valence-corrected chi connectivity index (χ4v) is 2.40. The van der Waals surface area contributed by atoms with Crippen LogP contribution in [-0.2, 0) is 19.5 Å². The van der Waals surface area contributed by atoms with Crippen LogP contribution in [-0.4, -0.2) is 16.6 Å².